The fraction of sp³-hybridized carbons (Fsp3) is 0.333. The van der Waals surface area contributed by atoms with Crippen molar-refractivity contribution in [1.29, 1.82) is 0 Å². The quantitative estimate of drug-likeness (QED) is 0.833. The van der Waals surface area contributed by atoms with Crippen LogP contribution in [0.25, 0.3) is 0 Å². The van der Waals surface area contributed by atoms with Crippen LogP contribution in [0.15, 0.2) is 10.5 Å². The van der Waals surface area contributed by atoms with Crippen molar-refractivity contribution in [3.05, 3.63) is 19.8 Å². The van der Waals surface area contributed by atoms with Crippen LogP contribution in [0, 0.1) is 0 Å². The average Bonchev–Trinajstić information content (AvgIpc) is 2.13. The van der Waals surface area contributed by atoms with E-state index in [4.69, 9.17) is 17.3 Å². The molecule has 0 aliphatic heterocycles. The summed E-state index contributed by atoms with van der Waals surface area (Å²) in [6.07, 6.45) is 0. The fourth-order valence-electron chi connectivity index (χ4n) is 0.588. The molecule has 0 aliphatic rings. The summed E-state index contributed by atoms with van der Waals surface area (Å²) in [5.74, 6) is 0. The molecular formula is C6H8BrCl2NS. The molecule has 0 aliphatic carbocycles. The number of hydrogen-bond acceptors (Lipinski definition) is 2. The number of halogens is 3. The molecule has 11 heavy (non-hydrogen) atoms. The second-order valence-electron chi connectivity index (χ2n) is 2.06. The smallest absolute Gasteiger partial charge is 0.107 e. The van der Waals surface area contributed by atoms with Gasteiger partial charge in [-0.3, -0.25) is 0 Å². The molecule has 1 nitrogen and oxygen atoms in total. The van der Waals surface area contributed by atoms with Gasteiger partial charge in [0.2, 0.25) is 0 Å². The maximum absolute atomic E-state index is 5.79. The van der Waals surface area contributed by atoms with Crippen LogP contribution in [-0.2, 0) is 0 Å². The molecule has 5 heteroatoms. The molecule has 1 unspecified atom stereocenters. The lowest BCUT2D eigenvalue weighted by molar-refractivity contribution is 0.838. The Labute approximate surface area is 89.5 Å². The van der Waals surface area contributed by atoms with Crippen molar-refractivity contribution >= 4 is 51.3 Å². The minimum Gasteiger partial charge on any atom is -0.324 e. The molecule has 1 atom stereocenters. The highest BCUT2D eigenvalue weighted by Crippen LogP contribution is 2.34. The van der Waals surface area contributed by atoms with Gasteiger partial charge in [0.05, 0.1) is 0 Å². The van der Waals surface area contributed by atoms with Gasteiger partial charge in [-0.05, 0) is 28.9 Å². The zero-order valence-electron chi connectivity index (χ0n) is 5.80. The standard InChI is InChI=1S/C6H7BrClNS.ClH/c1-3(9)5-2-4(7)6(8)10-5;/h2-3H,9H2,1H3;1H. The Hall–Kier alpha value is 0.720. The van der Waals surface area contributed by atoms with E-state index in [9.17, 15) is 0 Å². The second kappa shape index (κ2) is 4.67. The highest BCUT2D eigenvalue weighted by Gasteiger charge is 2.06. The van der Waals surface area contributed by atoms with Crippen LogP contribution >= 0.6 is 51.3 Å². The second-order valence-corrected chi connectivity index (χ2v) is 4.60. The van der Waals surface area contributed by atoms with Crippen molar-refractivity contribution in [3.63, 3.8) is 0 Å². The third-order valence-electron chi connectivity index (χ3n) is 1.11. The van der Waals surface area contributed by atoms with Crippen LogP contribution in [0.1, 0.15) is 17.8 Å². The van der Waals surface area contributed by atoms with Gasteiger partial charge >= 0.3 is 0 Å². The van der Waals surface area contributed by atoms with Crippen LogP contribution in [0.5, 0.6) is 0 Å². The summed E-state index contributed by atoms with van der Waals surface area (Å²) in [5, 5.41) is 0. The first kappa shape index (κ1) is 11.7. The van der Waals surface area contributed by atoms with E-state index in [-0.39, 0.29) is 18.4 Å². The molecule has 1 aromatic rings. The lowest BCUT2D eigenvalue weighted by Gasteiger charge is -1.96. The van der Waals surface area contributed by atoms with Crippen molar-refractivity contribution < 1.29 is 0 Å². The van der Waals surface area contributed by atoms with Gasteiger partial charge in [0.1, 0.15) is 4.34 Å². The molecular weight excluding hydrogens is 269 g/mol. The molecule has 1 heterocycles. The lowest BCUT2D eigenvalue weighted by Crippen LogP contribution is -2.01. The Morgan fingerprint density at radius 1 is 1.73 bits per heavy atom. The van der Waals surface area contributed by atoms with Crippen LogP contribution in [0.4, 0.5) is 0 Å². The van der Waals surface area contributed by atoms with E-state index < -0.39 is 0 Å². The van der Waals surface area contributed by atoms with Gasteiger partial charge in [-0.15, -0.1) is 23.7 Å². The molecule has 0 spiro atoms. The van der Waals surface area contributed by atoms with Gasteiger partial charge in [-0.2, -0.15) is 0 Å². The van der Waals surface area contributed by atoms with E-state index >= 15 is 0 Å². The predicted molar refractivity (Wildman–Crippen MR) is 56.9 cm³/mol. The fourth-order valence-corrected chi connectivity index (χ4v) is 2.28. The number of nitrogens with two attached hydrogens (primary N) is 1. The molecule has 0 fully saturated rings. The summed E-state index contributed by atoms with van der Waals surface area (Å²) in [6, 6.07) is 2.03. The first-order chi connectivity index (χ1) is 4.61. The van der Waals surface area contributed by atoms with Crippen molar-refractivity contribution in [2.75, 3.05) is 0 Å². The third-order valence-corrected chi connectivity index (χ3v) is 3.79. The normalized spacial score (nSPS) is 12.4. The van der Waals surface area contributed by atoms with Crippen molar-refractivity contribution in [2.45, 2.75) is 13.0 Å². The van der Waals surface area contributed by atoms with Crippen LogP contribution < -0.4 is 5.73 Å². The minimum absolute atomic E-state index is 0. The van der Waals surface area contributed by atoms with E-state index in [1.165, 1.54) is 11.3 Å². The Balaban J connectivity index is 0.000001000. The minimum atomic E-state index is 0. The summed E-state index contributed by atoms with van der Waals surface area (Å²) in [4.78, 5) is 1.11. The maximum Gasteiger partial charge on any atom is 0.107 e. The zero-order chi connectivity index (χ0) is 7.72. The highest BCUT2D eigenvalue weighted by molar-refractivity contribution is 9.10. The molecule has 1 rings (SSSR count). The summed E-state index contributed by atoms with van der Waals surface area (Å²) in [5.41, 5.74) is 5.63. The topological polar surface area (TPSA) is 26.0 Å². The molecule has 0 amide bonds. The lowest BCUT2D eigenvalue weighted by atomic mass is 10.3. The van der Waals surface area contributed by atoms with Crippen LogP contribution in [0.3, 0.4) is 0 Å². The van der Waals surface area contributed by atoms with E-state index in [1.54, 1.807) is 0 Å². The van der Waals surface area contributed by atoms with E-state index in [1.807, 2.05) is 13.0 Å². The summed E-state index contributed by atoms with van der Waals surface area (Å²) < 4.78 is 1.71. The van der Waals surface area contributed by atoms with Gasteiger partial charge in [-0.1, -0.05) is 11.6 Å². The van der Waals surface area contributed by atoms with E-state index in [0.717, 1.165) is 13.7 Å². The summed E-state index contributed by atoms with van der Waals surface area (Å²) in [6.45, 7) is 1.94. The summed E-state index contributed by atoms with van der Waals surface area (Å²) >= 11 is 10.6. The Morgan fingerprint density at radius 3 is 2.45 bits per heavy atom. The van der Waals surface area contributed by atoms with Gasteiger partial charge in [0.25, 0.3) is 0 Å². The van der Waals surface area contributed by atoms with Crippen LogP contribution in [0.2, 0.25) is 4.34 Å². The van der Waals surface area contributed by atoms with Gasteiger partial charge < -0.3 is 5.73 Å². The molecule has 1 aromatic heterocycles. The first-order valence-corrected chi connectivity index (χ1v) is 4.80. The molecule has 0 aromatic carbocycles. The highest BCUT2D eigenvalue weighted by atomic mass is 79.9. The van der Waals surface area contributed by atoms with Crippen molar-refractivity contribution in [1.82, 2.24) is 0 Å². The number of rotatable bonds is 1. The first-order valence-electron chi connectivity index (χ1n) is 2.81. The van der Waals surface area contributed by atoms with E-state index in [0.29, 0.717) is 0 Å². The van der Waals surface area contributed by atoms with Crippen LogP contribution in [-0.4, -0.2) is 0 Å². The SMILES string of the molecule is CC(N)c1cc(Br)c(Cl)s1.Cl. The third kappa shape index (κ3) is 2.92. The van der Waals surface area contributed by atoms with Gasteiger partial charge in [0.15, 0.2) is 0 Å². The molecule has 64 valence electrons. The molecule has 0 radical (unpaired) electrons. The van der Waals surface area contributed by atoms with Crippen molar-refractivity contribution in [2.24, 2.45) is 5.73 Å². The number of hydrogen-bond donors (Lipinski definition) is 1. The Morgan fingerprint density at radius 2 is 2.27 bits per heavy atom. The predicted octanol–water partition coefficient (Wildman–Crippen LogP) is 3.61. The largest absolute Gasteiger partial charge is 0.324 e. The summed E-state index contributed by atoms with van der Waals surface area (Å²) in [7, 11) is 0. The van der Waals surface area contributed by atoms with Gasteiger partial charge in [-0.25, -0.2) is 0 Å². The van der Waals surface area contributed by atoms with Gasteiger partial charge in [0, 0.05) is 15.4 Å². The molecule has 2 N–H and O–H groups in total. The maximum atomic E-state index is 5.79. The zero-order valence-corrected chi connectivity index (χ0v) is 9.78. The molecule has 0 saturated heterocycles. The number of thiophene rings is 1. The monoisotopic (exact) mass is 275 g/mol. The molecule has 0 bridgehead atoms. The Bertz CT molecular complexity index is 217. The average molecular weight is 277 g/mol. The molecule has 0 saturated carbocycles. The van der Waals surface area contributed by atoms with Crippen molar-refractivity contribution in [3.8, 4) is 0 Å². The Kier molecular flexibility index (Phi) is 4.98. The van der Waals surface area contributed by atoms with E-state index in [2.05, 4.69) is 15.9 Å².